The third-order valence-corrected chi connectivity index (χ3v) is 3.69. The molecule has 1 aromatic carbocycles. The van der Waals surface area contributed by atoms with Gasteiger partial charge in [0.1, 0.15) is 0 Å². The molecule has 2 aromatic heterocycles. The Bertz CT molecular complexity index is 820. The van der Waals surface area contributed by atoms with Crippen LogP contribution in [0.1, 0.15) is 24.0 Å². The number of benzene rings is 1. The van der Waals surface area contributed by atoms with Gasteiger partial charge in [-0.25, -0.2) is 0 Å². The highest BCUT2D eigenvalue weighted by atomic mass is 15.4. The number of H-pyrrole nitrogens is 1. The summed E-state index contributed by atoms with van der Waals surface area (Å²) in [7, 11) is 0. The number of nitrogens with one attached hydrogen (secondary N) is 2. The van der Waals surface area contributed by atoms with Gasteiger partial charge in [0.25, 0.3) is 0 Å². The number of rotatable bonds is 2. The molecule has 2 heterocycles. The van der Waals surface area contributed by atoms with E-state index in [1.807, 2.05) is 12.1 Å². The molecule has 0 radical (unpaired) electrons. The Labute approximate surface area is 121 Å². The Balaban J connectivity index is 1.63. The van der Waals surface area contributed by atoms with E-state index in [1.165, 1.54) is 11.1 Å². The van der Waals surface area contributed by atoms with Crippen molar-refractivity contribution >= 4 is 17.2 Å². The minimum absolute atomic E-state index is 0.699. The minimum Gasteiger partial charge on any atom is -0.259 e. The van der Waals surface area contributed by atoms with Gasteiger partial charge in [-0.3, -0.25) is 5.43 Å². The highest BCUT2D eigenvalue weighted by molar-refractivity contribution is 6.03. The first-order valence-corrected chi connectivity index (χ1v) is 7.03. The summed E-state index contributed by atoms with van der Waals surface area (Å²) < 4.78 is 1.68. The summed E-state index contributed by atoms with van der Waals surface area (Å²) in [5, 5.41) is 15.7. The van der Waals surface area contributed by atoms with Crippen LogP contribution in [0, 0.1) is 0 Å². The standard InChI is InChI=1S/C15H14N6/c1-2-6-12-11(4-1)5-3-7-13(12)17-18-14-8-9-15-19-16-10-21(15)20-14/h1-2,4,6,8-10H,3,5,7H2,(H,18,20)/p+1/b17-13-. The molecule has 6 nitrogen and oxygen atoms in total. The van der Waals surface area contributed by atoms with Gasteiger partial charge in [-0.05, 0) is 30.9 Å². The van der Waals surface area contributed by atoms with Crippen molar-refractivity contribution in [1.82, 2.24) is 15.3 Å². The molecule has 0 atom stereocenters. The van der Waals surface area contributed by atoms with Crippen LogP contribution in [0.4, 0.5) is 5.82 Å². The van der Waals surface area contributed by atoms with Crippen LogP contribution in [-0.4, -0.2) is 21.0 Å². The lowest BCUT2D eigenvalue weighted by atomic mass is 9.90. The number of hydrazone groups is 1. The molecule has 0 fully saturated rings. The van der Waals surface area contributed by atoms with E-state index in [0.717, 1.165) is 30.6 Å². The number of fused-ring (bicyclic) bond motifs is 2. The van der Waals surface area contributed by atoms with Crippen LogP contribution in [0.5, 0.6) is 0 Å². The molecule has 0 saturated heterocycles. The average Bonchev–Trinajstić information content (AvgIpc) is 3.00. The van der Waals surface area contributed by atoms with Crippen molar-refractivity contribution in [3.05, 3.63) is 53.9 Å². The first kappa shape index (κ1) is 12.0. The van der Waals surface area contributed by atoms with E-state index in [-0.39, 0.29) is 0 Å². The molecule has 104 valence electrons. The number of hydrogen-bond acceptors (Lipinski definition) is 4. The monoisotopic (exact) mass is 279 g/mol. The third kappa shape index (κ3) is 2.24. The molecule has 0 saturated carbocycles. The van der Waals surface area contributed by atoms with Crippen LogP contribution >= 0.6 is 0 Å². The van der Waals surface area contributed by atoms with E-state index < -0.39 is 0 Å². The fourth-order valence-corrected chi connectivity index (χ4v) is 2.66. The number of nitrogens with zero attached hydrogens (tertiary/aromatic N) is 4. The van der Waals surface area contributed by atoms with E-state index in [0.29, 0.717) is 5.82 Å². The smallest absolute Gasteiger partial charge is 0.259 e. The summed E-state index contributed by atoms with van der Waals surface area (Å²) in [5.41, 5.74) is 7.54. The second-order valence-electron chi connectivity index (χ2n) is 5.07. The van der Waals surface area contributed by atoms with Gasteiger partial charge in [0.05, 0.1) is 5.71 Å². The van der Waals surface area contributed by atoms with Crippen molar-refractivity contribution in [3.63, 3.8) is 0 Å². The highest BCUT2D eigenvalue weighted by Gasteiger charge is 2.14. The maximum absolute atomic E-state index is 4.55. The van der Waals surface area contributed by atoms with Crippen LogP contribution in [0.15, 0.2) is 47.8 Å². The fourth-order valence-electron chi connectivity index (χ4n) is 2.66. The van der Waals surface area contributed by atoms with Crippen LogP contribution in [-0.2, 0) is 6.42 Å². The molecule has 0 amide bonds. The van der Waals surface area contributed by atoms with Crippen molar-refractivity contribution in [2.75, 3.05) is 5.43 Å². The minimum atomic E-state index is 0.699. The lowest BCUT2D eigenvalue weighted by Crippen LogP contribution is -2.24. The molecule has 4 rings (SSSR count). The Morgan fingerprint density at radius 1 is 1.14 bits per heavy atom. The third-order valence-electron chi connectivity index (χ3n) is 3.69. The second kappa shape index (κ2) is 4.97. The summed E-state index contributed by atoms with van der Waals surface area (Å²) in [6.45, 7) is 0. The quantitative estimate of drug-likeness (QED) is 0.554. The highest BCUT2D eigenvalue weighted by Crippen LogP contribution is 2.21. The number of anilines is 1. The molecule has 21 heavy (non-hydrogen) atoms. The number of hydrogen-bond donors (Lipinski definition) is 2. The van der Waals surface area contributed by atoms with Gasteiger partial charge in [0.2, 0.25) is 6.33 Å². The van der Waals surface area contributed by atoms with Crippen molar-refractivity contribution in [1.29, 1.82) is 0 Å². The summed E-state index contributed by atoms with van der Waals surface area (Å²) >= 11 is 0. The molecule has 6 heteroatoms. The average molecular weight is 279 g/mol. The summed E-state index contributed by atoms with van der Waals surface area (Å²) in [5.74, 6) is 0.699. The Morgan fingerprint density at radius 3 is 3.10 bits per heavy atom. The van der Waals surface area contributed by atoms with E-state index in [1.54, 1.807) is 10.8 Å². The molecule has 1 aliphatic rings. The Morgan fingerprint density at radius 2 is 2.10 bits per heavy atom. The van der Waals surface area contributed by atoms with E-state index in [2.05, 4.69) is 50.1 Å². The molecular formula is C15H15N6+. The summed E-state index contributed by atoms with van der Waals surface area (Å²) in [4.78, 5) is 0. The lowest BCUT2D eigenvalue weighted by Gasteiger charge is -2.17. The van der Waals surface area contributed by atoms with Gasteiger partial charge in [-0.1, -0.05) is 29.4 Å². The zero-order valence-electron chi connectivity index (χ0n) is 11.5. The van der Waals surface area contributed by atoms with Crippen molar-refractivity contribution in [3.8, 4) is 0 Å². The van der Waals surface area contributed by atoms with Gasteiger partial charge in [-0.15, -0.1) is 9.61 Å². The van der Waals surface area contributed by atoms with Gasteiger partial charge < -0.3 is 0 Å². The first-order valence-electron chi connectivity index (χ1n) is 7.03. The summed E-state index contributed by atoms with van der Waals surface area (Å²) in [6.07, 6.45) is 4.96. The molecule has 0 aliphatic heterocycles. The molecule has 1 aliphatic carbocycles. The van der Waals surface area contributed by atoms with E-state index in [9.17, 15) is 0 Å². The van der Waals surface area contributed by atoms with Gasteiger partial charge in [0.15, 0.2) is 5.82 Å². The Hall–Kier alpha value is -2.76. The Kier molecular flexibility index (Phi) is 2.85. The second-order valence-corrected chi connectivity index (χ2v) is 5.07. The zero-order chi connectivity index (χ0) is 14.1. The SMILES string of the molecule is c1ccc2c(c1)CCC/C2=N/Nc1ccc2n[nH]c[n+]2n1. The molecule has 3 aromatic rings. The molecule has 0 bridgehead atoms. The zero-order valence-corrected chi connectivity index (χ0v) is 11.5. The van der Waals surface area contributed by atoms with Gasteiger partial charge in [-0.2, -0.15) is 5.10 Å². The first-order chi connectivity index (χ1) is 10.4. The van der Waals surface area contributed by atoms with Gasteiger partial charge in [0, 0.05) is 16.7 Å². The fraction of sp³-hybridized carbons (Fsp3) is 0.200. The molecular weight excluding hydrogens is 264 g/mol. The molecule has 2 N–H and O–H groups in total. The molecule has 0 unspecified atom stereocenters. The maximum atomic E-state index is 4.55. The van der Waals surface area contributed by atoms with Crippen LogP contribution in [0.3, 0.4) is 0 Å². The predicted molar refractivity (Wildman–Crippen MR) is 79.1 cm³/mol. The van der Waals surface area contributed by atoms with Crippen LogP contribution in [0.2, 0.25) is 0 Å². The van der Waals surface area contributed by atoms with Crippen molar-refractivity contribution in [2.24, 2.45) is 5.10 Å². The topological polar surface area (TPSA) is 70.1 Å². The summed E-state index contributed by atoms with van der Waals surface area (Å²) in [6, 6.07) is 12.2. The number of aromatic amines is 1. The van der Waals surface area contributed by atoms with Crippen molar-refractivity contribution < 1.29 is 4.52 Å². The predicted octanol–water partition coefficient (Wildman–Crippen LogP) is 1.70. The van der Waals surface area contributed by atoms with Crippen LogP contribution in [0.25, 0.3) is 5.65 Å². The van der Waals surface area contributed by atoms with E-state index in [4.69, 9.17) is 0 Å². The normalized spacial score (nSPS) is 16.1. The largest absolute Gasteiger partial charge is 0.325 e. The number of aryl methyl sites for hydroxylation is 1. The van der Waals surface area contributed by atoms with E-state index >= 15 is 0 Å². The van der Waals surface area contributed by atoms with Gasteiger partial charge >= 0.3 is 5.65 Å². The lowest BCUT2D eigenvalue weighted by molar-refractivity contribution is -0.579. The number of aromatic nitrogens is 4. The van der Waals surface area contributed by atoms with Crippen molar-refractivity contribution in [2.45, 2.75) is 19.3 Å². The molecule has 0 spiro atoms. The van der Waals surface area contributed by atoms with Crippen LogP contribution < -0.4 is 9.94 Å². The maximum Gasteiger partial charge on any atom is 0.325 e.